The molecule has 0 bridgehead atoms. The average molecular weight is 309 g/mol. The molecule has 0 aliphatic rings. The highest BCUT2D eigenvalue weighted by atomic mass is 32.2. The summed E-state index contributed by atoms with van der Waals surface area (Å²) in [6.07, 6.45) is -4.04. The lowest BCUT2D eigenvalue weighted by Gasteiger charge is -2.14. The third kappa shape index (κ3) is 5.03. The first-order chi connectivity index (χ1) is 9.01. The second-order valence-electron chi connectivity index (χ2n) is 5.13. The van der Waals surface area contributed by atoms with Crippen LogP contribution in [0.3, 0.4) is 0 Å². The zero-order valence-electron chi connectivity index (χ0n) is 11.6. The number of sulfonamides is 1. The zero-order chi connectivity index (χ0) is 15.6. The molecule has 0 aliphatic heterocycles. The van der Waals surface area contributed by atoms with Crippen LogP contribution < -0.4 is 4.72 Å². The molecular formula is C13H18F3NO2S. The minimum atomic E-state index is -4.50. The molecule has 0 aromatic heterocycles. The Labute approximate surface area is 117 Å². The number of nitrogens with one attached hydrogen (secondary N) is 1. The first-order valence-corrected chi connectivity index (χ1v) is 7.85. The number of rotatable bonds is 5. The molecule has 1 aromatic rings. The summed E-state index contributed by atoms with van der Waals surface area (Å²) in [5, 5.41) is 0. The molecule has 1 aromatic carbocycles. The Kier molecular flexibility index (Phi) is 5.07. The van der Waals surface area contributed by atoms with Crippen LogP contribution in [0.1, 0.15) is 31.4 Å². The monoisotopic (exact) mass is 309 g/mol. The maximum absolute atomic E-state index is 12.7. The quantitative estimate of drug-likeness (QED) is 0.899. The second kappa shape index (κ2) is 6.03. The van der Waals surface area contributed by atoms with E-state index in [1.165, 1.54) is 19.1 Å². The van der Waals surface area contributed by atoms with Gasteiger partial charge in [-0.3, -0.25) is 4.72 Å². The van der Waals surface area contributed by atoms with Gasteiger partial charge in [-0.2, -0.15) is 13.2 Å². The van der Waals surface area contributed by atoms with Crippen molar-refractivity contribution in [3.05, 3.63) is 29.3 Å². The summed E-state index contributed by atoms with van der Waals surface area (Å²) in [6, 6.07) is 3.41. The van der Waals surface area contributed by atoms with Crippen molar-refractivity contribution in [2.45, 2.75) is 33.4 Å². The van der Waals surface area contributed by atoms with Gasteiger partial charge in [-0.05, 0) is 37.0 Å². The van der Waals surface area contributed by atoms with E-state index in [1.807, 2.05) is 13.8 Å². The van der Waals surface area contributed by atoms with E-state index in [9.17, 15) is 21.6 Å². The number of alkyl halides is 3. The second-order valence-corrected chi connectivity index (χ2v) is 6.97. The SMILES string of the molecule is Cc1ccc(NS(=O)(=O)CCC(C)C)cc1C(F)(F)F. The van der Waals surface area contributed by atoms with Gasteiger partial charge < -0.3 is 0 Å². The van der Waals surface area contributed by atoms with Crippen LogP contribution in [-0.4, -0.2) is 14.2 Å². The Morgan fingerprint density at radius 1 is 1.25 bits per heavy atom. The van der Waals surface area contributed by atoms with Crippen LogP contribution in [0.5, 0.6) is 0 Å². The highest BCUT2D eigenvalue weighted by Gasteiger charge is 2.32. The molecule has 3 nitrogen and oxygen atoms in total. The summed E-state index contributed by atoms with van der Waals surface area (Å²) in [5.74, 6) is 0.0928. The first-order valence-electron chi connectivity index (χ1n) is 6.19. The lowest BCUT2D eigenvalue weighted by Crippen LogP contribution is -2.18. The molecule has 0 aliphatic carbocycles. The third-order valence-electron chi connectivity index (χ3n) is 2.78. The molecule has 114 valence electrons. The molecule has 7 heteroatoms. The van der Waals surface area contributed by atoms with Crippen LogP contribution in [0.4, 0.5) is 18.9 Å². The van der Waals surface area contributed by atoms with E-state index in [1.54, 1.807) is 0 Å². The molecule has 0 amide bonds. The number of hydrogen-bond acceptors (Lipinski definition) is 2. The van der Waals surface area contributed by atoms with E-state index in [2.05, 4.69) is 4.72 Å². The van der Waals surface area contributed by atoms with Crippen LogP contribution in [0.2, 0.25) is 0 Å². The van der Waals surface area contributed by atoms with Crippen LogP contribution >= 0.6 is 0 Å². The van der Waals surface area contributed by atoms with E-state index in [0.717, 1.165) is 6.07 Å². The summed E-state index contributed by atoms with van der Waals surface area (Å²) in [7, 11) is -3.62. The van der Waals surface area contributed by atoms with Crippen LogP contribution in [-0.2, 0) is 16.2 Å². The van der Waals surface area contributed by atoms with Crippen molar-refractivity contribution < 1.29 is 21.6 Å². The summed E-state index contributed by atoms with van der Waals surface area (Å²) >= 11 is 0. The fraction of sp³-hybridized carbons (Fsp3) is 0.538. The van der Waals surface area contributed by atoms with Crippen molar-refractivity contribution in [2.75, 3.05) is 10.5 Å². The van der Waals surface area contributed by atoms with Crippen molar-refractivity contribution in [1.29, 1.82) is 0 Å². The summed E-state index contributed by atoms with van der Waals surface area (Å²) < 4.78 is 63.9. The number of benzene rings is 1. The molecular weight excluding hydrogens is 291 g/mol. The predicted molar refractivity (Wildman–Crippen MR) is 73.0 cm³/mol. The highest BCUT2D eigenvalue weighted by molar-refractivity contribution is 7.92. The van der Waals surface area contributed by atoms with Gasteiger partial charge in [-0.15, -0.1) is 0 Å². The Hall–Kier alpha value is -1.24. The zero-order valence-corrected chi connectivity index (χ0v) is 12.4. The van der Waals surface area contributed by atoms with Gasteiger partial charge in [0.05, 0.1) is 11.3 Å². The number of anilines is 1. The molecule has 1 N–H and O–H groups in total. The molecule has 0 saturated heterocycles. The topological polar surface area (TPSA) is 46.2 Å². The van der Waals surface area contributed by atoms with Crippen molar-refractivity contribution in [2.24, 2.45) is 5.92 Å². The van der Waals surface area contributed by atoms with Gasteiger partial charge in [0.25, 0.3) is 0 Å². The Bertz CT molecular complexity index is 565. The molecule has 0 unspecified atom stereocenters. The van der Waals surface area contributed by atoms with Crippen molar-refractivity contribution >= 4 is 15.7 Å². The molecule has 20 heavy (non-hydrogen) atoms. The molecule has 1 rings (SSSR count). The van der Waals surface area contributed by atoms with E-state index in [-0.39, 0.29) is 22.9 Å². The maximum Gasteiger partial charge on any atom is 0.416 e. The average Bonchev–Trinajstić information content (AvgIpc) is 2.27. The fourth-order valence-corrected chi connectivity index (χ4v) is 2.98. The smallest absolute Gasteiger partial charge is 0.284 e. The summed E-state index contributed by atoms with van der Waals surface area (Å²) in [6.45, 7) is 5.09. The van der Waals surface area contributed by atoms with Gasteiger partial charge in [0.15, 0.2) is 0 Å². The van der Waals surface area contributed by atoms with Crippen molar-refractivity contribution in [3.63, 3.8) is 0 Å². The van der Waals surface area contributed by atoms with Gasteiger partial charge in [-0.1, -0.05) is 19.9 Å². The van der Waals surface area contributed by atoms with Gasteiger partial charge in [0.1, 0.15) is 0 Å². The van der Waals surface area contributed by atoms with Gasteiger partial charge in [0.2, 0.25) is 10.0 Å². The number of halogens is 3. The van der Waals surface area contributed by atoms with Crippen LogP contribution in [0.25, 0.3) is 0 Å². The lowest BCUT2D eigenvalue weighted by atomic mass is 10.1. The Morgan fingerprint density at radius 3 is 2.35 bits per heavy atom. The fourth-order valence-electron chi connectivity index (χ4n) is 1.61. The number of aryl methyl sites for hydroxylation is 1. The molecule has 0 heterocycles. The lowest BCUT2D eigenvalue weighted by molar-refractivity contribution is -0.138. The van der Waals surface area contributed by atoms with E-state index in [4.69, 9.17) is 0 Å². The Morgan fingerprint density at radius 2 is 1.85 bits per heavy atom. The van der Waals surface area contributed by atoms with Crippen molar-refractivity contribution in [3.8, 4) is 0 Å². The van der Waals surface area contributed by atoms with Gasteiger partial charge in [-0.25, -0.2) is 8.42 Å². The van der Waals surface area contributed by atoms with Crippen LogP contribution in [0.15, 0.2) is 18.2 Å². The van der Waals surface area contributed by atoms with Gasteiger partial charge >= 0.3 is 6.18 Å². The largest absolute Gasteiger partial charge is 0.416 e. The molecule has 0 atom stereocenters. The predicted octanol–water partition coefficient (Wildman–Crippen LogP) is 3.80. The molecule has 0 radical (unpaired) electrons. The maximum atomic E-state index is 12.7. The minimum absolute atomic E-state index is 0.0580. The van der Waals surface area contributed by atoms with Crippen molar-refractivity contribution in [1.82, 2.24) is 0 Å². The van der Waals surface area contributed by atoms with Crippen LogP contribution in [0, 0.1) is 12.8 Å². The van der Waals surface area contributed by atoms with E-state index in [0.29, 0.717) is 6.42 Å². The Balaban J connectivity index is 2.94. The first kappa shape index (κ1) is 16.8. The summed E-state index contributed by atoms with van der Waals surface area (Å²) in [5.41, 5.74) is -0.837. The molecule has 0 saturated carbocycles. The standard InChI is InChI=1S/C13H18F3NO2S/c1-9(2)6-7-20(18,19)17-11-5-4-10(3)12(8-11)13(14,15)16/h4-5,8-9,17H,6-7H2,1-3H3. The van der Waals surface area contributed by atoms with E-state index >= 15 is 0 Å². The molecule has 0 fully saturated rings. The minimum Gasteiger partial charge on any atom is -0.284 e. The normalized spacial score (nSPS) is 12.8. The highest BCUT2D eigenvalue weighted by Crippen LogP contribution is 2.33. The number of hydrogen-bond donors (Lipinski definition) is 1. The van der Waals surface area contributed by atoms with Gasteiger partial charge in [0, 0.05) is 5.69 Å². The molecule has 0 spiro atoms. The van der Waals surface area contributed by atoms with E-state index < -0.39 is 21.8 Å². The third-order valence-corrected chi connectivity index (χ3v) is 4.10. The summed E-state index contributed by atoms with van der Waals surface area (Å²) in [4.78, 5) is 0.